The van der Waals surface area contributed by atoms with Crippen molar-refractivity contribution in [2.45, 2.75) is 19.9 Å². The largest absolute Gasteiger partial charge is 0.394 e. The van der Waals surface area contributed by atoms with E-state index < -0.39 is 0 Å². The standard InChI is InChI=1S/C13H21N3O2/c1-9-7-11(5-6-12(9)16(3)4)15-13(18)14-10(2)8-17/h5-7,10,17H,8H2,1-4H3,(H2,14,15,18)/t10-/m1/s1. The van der Waals surface area contributed by atoms with Gasteiger partial charge in [-0.15, -0.1) is 0 Å². The first kappa shape index (κ1) is 14.3. The number of nitrogens with zero attached hydrogens (tertiary/aromatic N) is 1. The number of carbonyl (C=O) groups excluding carboxylic acids is 1. The molecule has 0 saturated heterocycles. The molecule has 1 aromatic rings. The molecule has 0 radical (unpaired) electrons. The summed E-state index contributed by atoms with van der Waals surface area (Å²) in [6, 6.07) is 5.16. The van der Waals surface area contributed by atoms with E-state index in [9.17, 15) is 4.79 Å². The van der Waals surface area contributed by atoms with Crippen LogP contribution in [0.4, 0.5) is 16.2 Å². The van der Waals surface area contributed by atoms with Crippen LogP contribution in [0.5, 0.6) is 0 Å². The lowest BCUT2D eigenvalue weighted by atomic mass is 10.1. The van der Waals surface area contributed by atoms with Gasteiger partial charge in [-0.1, -0.05) is 0 Å². The number of aliphatic hydroxyl groups excluding tert-OH is 1. The van der Waals surface area contributed by atoms with E-state index in [2.05, 4.69) is 10.6 Å². The van der Waals surface area contributed by atoms with Crippen LogP contribution in [0.3, 0.4) is 0 Å². The molecular formula is C13H21N3O2. The number of hydrogen-bond donors (Lipinski definition) is 3. The maximum Gasteiger partial charge on any atom is 0.319 e. The Kier molecular flexibility index (Phi) is 4.97. The van der Waals surface area contributed by atoms with Gasteiger partial charge >= 0.3 is 6.03 Å². The fourth-order valence-corrected chi connectivity index (χ4v) is 1.67. The van der Waals surface area contributed by atoms with Crippen molar-refractivity contribution in [2.24, 2.45) is 0 Å². The number of nitrogens with one attached hydrogen (secondary N) is 2. The van der Waals surface area contributed by atoms with E-state index in [1.165, 1.54) is 0 Å². The van der Waals surface area contributed by atoms with Crippen LogP contribution in [0, 0.1) is 6.92 Å². The minimum Gasteiger partial charge on any atom is -0.394 e. The van der Waals surface area contributed by atoms with E-state index >= 15 is 0 Å². The molecule has 0 heterocycles. The summed E-state index contributed by atoms with van der Waals surface area (Å²) in [4.78, 5) is 13.6. The predicted molar refractivity (Wildman–Crippen MR) is 74.2 cm³/mol. The highest BCUT2D eigenvalue weighted by molar-refractivity contribution is 5.89. The van der Waals surface area contributed by atoms with Crippen LogP contribution in [0.2, 0.25) is 0 Å². The van der Waals surface area contributed by atoms with Crippen molar-refractivity contribution in [3.63, 3.8) is 0 Å². The summed E-state index contributed by atoms with van der Waals surface area (Å²) in [6.07, 6.45) is 0. The minimum absolute atomic E-state index is 0.0774. The lowest BCUT2D eigenvalue weighted by Gasteiger charge is -2.17. The smallest absolute Gasteiger partial charge is 0.319 e. The van der Waals surface area contributed by atoms with Gasteiger partial charge in [0.25, 0.3) is 0 Å². The van der Waals surface area contributed by atoms with Gasteiger partial charge in [-0.05, 0) is 37.6 Å². The molecule has 3 N–H and O–H groups in total. The molecule has 0 unspecified atom stereocenters. The maximum atomic E-state index is 11.6. The zero-order valence-electron chi connectivity index (χ0n) is 11.3. The van der Waals surface area contributed by atoms with Crippen LogP contribution in [0.15, 0.2) is 18.2 Å². The molecule has 5 heteroatoms. The number of benzene rings is 1. The summed E-state index contributed by atoms with van der Waals surface area (Å²) in [6.45, 7) is 3.65. The number of urea groups is 1. The van der Waals surface area contributed by atoms with Gasteiger partial charge in [0.1, 0.15) is 0 Å². The lowest BCUT2D eigenvalue weighted by molar-refractivity contribution is 0.229. The molecule has 1 rings (SSSR count). The molecule has 5 nitrogen and oxygen atoms in total. The number of rotatable bonds is 4. The molecule has 0 spiro atoms. The maximum absolute atomic E-state index is 11.6. The Hall–Kier alpha value is -1.75. The Morgan fingerprint density at radius 2 is 2.11 bits per heavy atom. The van der Waals surface area contributed by atoms with E-state index in [4.69, 9.17) is 5.11 Å². The van der Waals surface area contributed by atoms with Crippen LogP contribution < -0.4 is 15.5 Å². The first-order valence-electron chi connectivity index (χ1n) is 5.90. The number of aliphatic hydroxyl groups is 1. The van der Waals surface area contributed by atoms with E-state index in [1.54, 1.807) is 6.92 Å². The predicted octanol–water partition coefficient (Wildman–Crippen LogP) is 1.56. The summed E-state index contributed by atoms with van der Waals surface area (Å²) < 4.78 is 0. The molecule has 0 aliphatic rings. The number of carbonyl (C=O) groups is 1. The average Bonchev–Trinajstić information content (AvgIpc) is 2.28. The van der Waals surface area contributed by atoms with Gasteiger partial charge in [0.15, 0.2) is 0 Å². The number of amides is 2. The Labute approximate surface area is 108 Å². The molecule has 0 aromatic heterocycles. The van der Waals surface area contributed by atoms with Crippen LogP contribution in [0.1, 0.15) is 12.5 Å². The second-order valence-corrected chi connectivity index (χ2v) is 4.58. The summed E-state index contributed by atoms with van der Waals surface area (Å²) in [5.74, 6) is 0. The van der Waals surface area contributed by atoms with E-state index in [0.717, 1.165) is 16.9 Å². The van der Waals surface area contributed by atoms with E-state index in [1.807, 2.05) is 44.1 Å². The molecule has 1 aromatic carbocycles. The first-order valence-corrected chi connectivity index (χ1v) is 5.90. The number of aryl methyl sites for hydroxylation is 1. The Balaban J connectivity index is 2.69. The molecule has 0 aliphatic carbocycles. The van der Waals surface area contributed by atoms with Crippen molar-refractivity contribution in [1.29, 1.82) is 0 Å². The van der Waals surface area contributed by atoms with Gasteiger partial charge in [0.05, 0.1) is 12.6 Å². The van der Waals surface area contributed by atoms with Gasteiger partial charge in [-0.2, -0.15) is 0 Å². The fourth-order valence-electron chi connectivity index (χ4n) is 1.67. The molecule has 0 fully saturated rings. The highest BCUT2D eigenvalue weighted by atomic mass is 16.3. The van der Waals surface area contributed by atoms with Crippen LogP contribution in [-0.2, 0) is 0 Å². The fraction of sp³-hybridized carbons (Fsp3) is 0.462. The zero-order chi connectivity index (χ0) is 13.7. The first-order chi connectivity index (χ1) is 8.43. The van der Waals surface area contributed by atoms with Crippen LogP contribution >= 0.6 is 0 Å². The monoisotopic (exact) mass is 251 g/mol. The van der Waals surface area contributed by atoms with Gasteiger partial charge in [-0.3, -0.25) is 0 Å². The molecular weight excluding hydrogens is 230 g/mol. The normalized spacial score (nSPS) is 11.8. The van der Waals surface area contributed by atoms with Crippen LogP contribution in [0.25, 0.3) is 0 Å². The molecule has 100 valence electrons. The van der Waals surface area contributed by atoms with Crippen LogP contribution in [-0.4, -0.2) is 37.9 Å². The topological polar surface area (TPSA) is 64.6 Å². The molecule has 0 bridgehead atoms. The highest BCUT2D eigenvalue weighted by Crippen LogP contribution is 2.21. The van der Waals surface area contributed by atoms with Gasteiger partial charge in [-0.25, -0.2) is 4.79 Å². The van der Waals surface area contributed by atoms with Crippen molar-refractivity contribution in [2.75, 3.05) is 30.9 Å². The zero-order valence-corrected chi connectivity index (χ0v) is 11.3. The second kappa shape index (κ2) is 6.26. The summed E-state index contributed by atoms with van der Waals surface area (Å²) in [5, 5.41) is 14.2. The van der Waals surface area contributed by atoms with Gasteiger partial charge in [0, 0.05) is 25.5 Å². The number of anilines is 2. The lowest BCUT2D eigenvalue weighted by Crippen LogP contribution is -2.38. The number of hydrogen-bond acceptors (Lipinski definition) is 3. The molecule has 1 atom stereocenters. The third-order valence-corrected chi connectivity index (χ3v) is 2.59. The Morgan fingerprint density at radius 3 is 2.61 bits per heavy atom. The quantitative estimate of drug-likeness (QED) is 0.761. The van der Waals surface area contributed by atoms with Crippen molar-refractivity contribution in [1.82, 2.24) is 5.32 Å². The Morgan fingerprint density at radius 1 is 1.44 bits per heavy atom. The van der Waals surface area contributed by atoms with Gasteiger partial charge in [0.2, 0.25) is 0 Å². The second-order valence-electron chi connectivity index (χ2n) is 4.58. The molecule has 0 saturated carbocycles. The van der Waals surface area contributed by atoms with Crippen molar-refractivity contribution < 1.29 is 9.90 Å². The van der Waals surface area contributed by atoms with E-state index in [0.29, 0.717) is 0 Å². The summed E-state index contributed by atoms with van der Waals surface area (Å²) in [7, 11) is 3.95. The van der Waals surface area contributed by atoms with Crippen molar-refractivity contribution in [3.8, 4) is 0 Å². The SMILES string of the molecule is Cc1cc(NC(=O)N[C@H](C)CO)ccc1N(C)C. The molecule has 2 amide bonds. The van der Waals surface area contributed by atoms with Gasteiger partial charge < -0.3 is 20.6 Å². The molecule has 0 aliphatic heterocycles. The average molecular weight is 251 g/mol. The summed E-state index contributed by atoms with van der Waals surface area (Å²) in [5.41, 5.74) is 2.94. The third kappa shape index (κ3) is 3.92. The van der Waals surface area contributed by atoms with Crippen molar-refractivity contribution >= 4 is 17.4 Å². The Bertz CT molecular complexity index is 419. The third-order valence-electron chi connectivity index (χ3n) is 2.59. The summed E-state index contributed by atoms with van der Waals surface area (Å²) >= 11 is 0. The van der Waals surface area contributed by atoms with Crippen molar-refractivity contribution in [3.05, 3.63) is 23.8 Å². The van der Waals surface area contributed by atoms with E-state index in [-0.39, 0.29) is 18.7 Å². The highest BCUT2D eigenvalue weighted by Gasteiger charge is 2.07. The minimum atomic E-state index is -0.312. The molecule has 18 heavy (non-hydrogen) atoms.